The lowest BCUT2D eigenvalue weighted by molar-refractivity contribution is 0.413. The van der Waals surface area contributed by atoms with Gasteiger partial charge in [0.25, 0.3) is 14.2 Å². The molecule has 2 aromatic rings. The maximum absolute atomic E-state index is 11.1. The molecule has 0 radical (unpaired) electrons. The Balaban J connectivity index is 2.66. The van der Waals surface area contributed by atoms with Crippen LogP contribution in [0.1, 0.15) is 0 Å². The number of ether oxygens (including phenoxy) is 1. The average Bonchev–Trinajstić information content (AvgIpc) is 2.57. The number of thiazole rings is 1. The molecule has 0 saturated heterocycles. The third-order valence-corrected chi connectivity index (χ3v) is 4.14. The van der Waals surface area contributed by atoms with Crippen LogP contribution in [-0.2, 0) is 9.05 Å². The highest BCUT2D eigenvalue weighted by Gasteiger charge is 2.12. The molecule has 80 valence electrons. The molecule has 1 aromatic carbocycles. The minimum absolute atomic E-state index is 0.0459. The van der Waals surface area contributed by atoms with E-state index >= 15 is 0 Å². The number of nitrogens with zero attached hydrogens (tertiary/aromatic N) is 1. The van der Waals surface area contributed by atoms with E-state index in [4.69, 9.17) is 15.4 Å². The summed E-state index contributed by atoms with van der Waals surface area (Å²) >= 11 is 1.35. The molecule has 0 unspecified atom stereocenters. The minimum Gasteiger partial charge on any atom is -0.473 e. The van der Waals surface area contributed by atoms with Crippen LogP contribution in [0.5, 0.6) is 5.19 Å². The highest BCUT2D eigenvalue weighted by Crippen LogP contribution is 2.29. The number of benzene rings is 1. The molecule has 1 heterocycles. The first-order valence-corrected chi connectivity index (χ1v) is 7.02. The number of fused-ring (bicyclic) bond motifs is 1. The summed E-state index contributed by atoms with van der Waals surface area (Å²) in [6.07, 6.45) is 0. The average molecular weight is 264 g/mol. The fourth-order valence-electron chi connectivity index (χ4n) is 1.13. The topological polar surface area (TPSA) is 56.3 Å². The van der Waals surface area contributed by atoms with E-state index in [1.807, 2.05) is 0 Å². The number of hydrogen-bond donors (Lipinski definition) is 0. The Kier molecular flexibility index (Phi) is 2.57. The lowest BCUT2D eigenvalue weighted by Gasteiger charge is -1.93. The Morgan fingerprint density at radius 3 is 2.80 bits per heavy atom. The van der Waals surface area contributed by atoms with E-state index in [0.29, 0.717) is 10.7 Å². The summed E-state index contributed by atoms with van der Waals surface area (Å²) in [4.78, 5) is 4.12. The number of methoxy groups -OCH3 is 1. The fraction of sp³-hybridized carbons (Fsp3) is 0.125. The molecule has 0 aliphatic carbocycles. The molecule has 0 bridgehead atoms. The van der Waals surface area contributed by atoms with Gasteiger partial charge in [0.15, 0.2) is 0 Å². The van der Waals surface area contributed by atoms with E-state index in [0.717, 1.165) is 4.70 Å². The predicted octanol–water partition coefficient (Wildman–Crippen LogP) is 2.23. The van der Waals surface area contributed by atoms with E-state index in [-0.39, 0.29) is 4.90 Å². The molecular weight excluding hydrogens is 258 g/mol. The van der Waals surface area contributed by atoms with Crippen molar-refractivity contribution in [1.82, 2.24) is 4.98 Å². The molecule has 0 aliphatic heterocycles. The van der Waals surface area contributed by atoms with Crippen LogP contribution in [0.15, 0.2) is 23.1 Å². The Labute approximate surface area is 94.9 Å². The van der Waals surface area contributed by atoms with Crippen molar-refractivity contribution in [2.24, 2.45) is 0 Å². The van der Waals surface area contributed by atoms with Gasteiger partial charge in [-0.25, -0.2) is 13.4 Å². The molecular formula is C8H6ClNO3S2. The Bertz CT molecular complexity index is 605. The number of aromatic nitrogens is 1. The van der Waals surface area contributed by atoms with Crippen molar-refractivity contribution >= 4 is 41.3 Å². The van der Waals surface area contributed by atoms with Gasteiger partial charge in [0.2, 0.25) is 0 Å². The van der Waals surface area contributed by atoms with Gasteiger partial charge in [0.05, 0.1) is 22.2 Å². The Morgan fingerprint density at radius 2 is 2.20 bits per heavy atom. The highest BCUT2D eigenvalue weighted by atomic mass is 35.7. The van der Waals surface area contributed by atoms with Gasteiger partial charge in [-0.3, -0.25) is 0 Å². The second kappa shape index (κ2) is 3.62. The molecule has 4 nitrogen and oxygen atoms in total. The van der Waals surface area contributed by atoms with Crippen LogP contribution >= 0.6 is 22.0 Å². The summed E-state index contributed by atoms with van der Waals surface area (Å²) in [6.45, 7) is 0. The second-order valence-corrected chi connectivity index (χ2v) is 6.31. The van der Waals surface area contributed by atoms with Gasteiger partial charge < -0.3 is 4.74 Å². The molecule has 0 spiro atoms. The molecule has 1 aromatic heterocycles. The number of rotatable bonds is 2. The van der Waals surface area contributed by atoms with Crippen molar-refractivity contribution in [3.63, 3.8) is 0 Å². The first-order chi connectivity index (χ1) is 7.00. The molecule has 0 N–H and O–H groups in total. The lowest BCUT2D eigenvalue weighted by Crippen LogP contribution is -1.89. The monoisotopic (exact) mass is 263 g/mol. The SMILES string of the molecule is COc1nc2cc(S(=O)(=O)Cl)ccc2s1. The maximum Gasteiger partial charge on any atom is 0.274 e. The summed E-state index contributed by atoms with van der Waals surface area (Å²) in [5.74, 6) is 0. The van der Waals surface area contributed by atoms with Crippen LogP contribution in [0.3, 0.4) is 0 Å². The summed E-state index contributed by atoms with van der Waals surface area (Å²) in [6, 6.07) is 4.53. The van der Waals surface area contributed by atoms with Gasteiger partial charge in [0.1, 0.15) is 0 Å². The Morgan fingerprint density at radius 1 is 1.47 bits per heavy atom. The van der Waals surface area contributed by atoms with E-state index in [1.54, 1.807) is 6.07 Å². The van der Waals surface area contributed by atoms with E-state index in [9.17, 15) is 8.42 Å². The molecule has 7 heteroatoms. The van der Waals surface area contributed by atoms with Crippen molar-refractivity contribution < 1.29 is 13.2 Å². The van der Waals surface area contributed by atoms with Crippen LogP contribution in [0.25, 0.3) is 10.2 Å². The van der Waals surface area contributed by atoms with Gasteiger partial charge in [0, 0.05) is 10.7 Å². The lowest BCUT2D eigenvalue weighted by atomic mass is 10.3. The van der Waals surface area contributed by atoms with Crippen LogP contribution < -0.4 is 4.74 Å². The van der Waals surface area contributed by atoms with Gasteiger partial charge in [-0.05, 0) is 18.2 Å². The normalized spacial score (nSPS) is 11.9. The number of hydrogen-bond acceptors (Lipinski definition) is 5. The summed E-state index contributed by atoms with van der Waals surface area (Å²) in [5.41, 5.74) is 0.568. The quantitative estimate of drug-likeness (QED) is 0.780. The zero-order valence-electron chi connectivity index (χ0n) is 7.60. The summed E-state index contributed by atoms with van der Waals surface area (Å²) in [7, 11) is 3.03. The van der Waals surface area contributed by atoms with Crippen molar-refractivity contribution in [2.45, 2.75) is 4.90 Å². The van der Waals surface area contributed by atoms with Crippen LogP contribution in [0, 0.1) is 0 Å². The molecule has 2 rings (SSSR count). The standard InChI is InChI=1S/C8H6ClNO3S2/c1-13-8-10-6-4-5(15(9,11)12)2-3-7(6)14-8/h2-4H,1H3. The summed E-state index contributed by atoms with van der Waals surface area (Å²) in [5, 5.41) is 0.495. The van der Waals surface area contributed by atoms with Gasteiger partial charge in [-0.1, -0.05) is 11.3 Å². The molecule has 0 aliphatic rings. The molecule has 0 saturated carbocycles. The predicted molar refractivity (Wildman–Crippen MR) is 59.2 cm³/mol. The van der Waals surface area contributed by atoms with Crippen LogP contribution in [0.4, 0.5) is 0 Å². The van der Waals surface area contributed by atoms with Gasteiger partial charge in [-0.2, -0.15) is 0 Å². The molecule has 0 amide bonds. The van der Waals surface area contributed by atoms with Gasteiger partial charge in [-0.15, -0.1) is 0 Å². The minimum atomic E-state index is -3.70. The molecule has 0 atom stereocenters. The number of halogens is 1. The van der Waals surface area contributed by atoms with Crippen molar-refractivity contribution in [3.05, 3.63) is 18.2 Å². The van der Waals surface area contributed by atoms with Gasteiger partial charge >= 0.3 is 0 Å². The maximum atomic E-state index is 11.1. The van der Waals surface area contributed by atoms with Crippen LogP contribution in [0.2, 0.25) is 0 Å². The zero-order valence-corrected chi connectivity index (χ0v) is 9.99. The Hall–Kier alpha value is -0.850. The first kappa shape index (κ1) is 10.7. The molecule has 0 fully saturated rings. The zero-order chi connectivity index (χ0) is 11.1. The van der Waals surface area contributed by atoms with Crippen molar-refractivity contribution in [3.8, 4) is 5.19 Å². The van der Waals surface area contributed by atoms with Crippen molar-refractivity contribution in [2.75, 3.05) is 7.11 Å². The van der Waals surface area contributed by atoms with Crippen molar-refractivity contribution in [1.29, 1.82) is 0 Å². The summed E-state index contributed by atoms with van der Waals surface area (Å²) < 4.78 is 27.9. The second-order valence-electron chi connectivity index (χ2n) is 2.75. The smallest absolute Gasteiger partial charge is 0.274 e. The largest absolute Gasteiger partial charge is 0.473 e. The third kappa shape index (κ3) is 2.06. The van der Waals surface area contributed by atoms with E-state index in [1.165, 1.54) is 30.6 Å². The van der Waals surface area contributed by atoms with E-state index in [2.05, 4.69) is 4.98 Å². The third-order valence-electron chi connectivity index (χ3n) is 1.80. The molecule has 15 heavy (non-hydrogen) atoms. The van der Waals surface area contributed by atoms with Crippen LogP contribution in [-0.4, -0.2) is 20.5 Å². The first-order valence-electron chi connectivity index (χ1n) is 3.90. The fourth-order valence-corrected chi connectivity index (χ4v) is 2.66. The highest BCUT2D eigenvalue weighted by molar-refractivity contribution is 8.13. The van der Waals surface area contributed by atoms with E-state index < -0.39 is 9.05 Å².